The second-order valence-electron chi connectivity index (χ2n) is 5.42. The summed E-state index contributed by atoms with van der Waals surface area (Å²) in [6.07, 6.45) is 0. The number of carboxylic acids is 1. The van der Waals surface area contributed by atoms with Crippen molar-refractivity contribution in [2.75, 3.05) is 13.1 Å². The molecular weight excluding hydrogens is 238 g/mol. The number of carboxylic acid groups (broad SMARTS) is 1. The lowest BCUT2D eigenvalue weighted by atomic mass is 10.0. The molecule has 0 aliphatic rings. The van der Waals surface area contributed by atoms with Gasteiger partial charge in [-0.3, -0.25) is 9.69 Å². The lowest BCUT2D eigenvalue weighted by Crippen LogP contribution is -2.34. The number of nitrogens with zero attached hydrogens (tertiary/aromatic N) is 1. The summed E-state index contributed by atoms with van der Waals surface area (Å²) in [5, 5.41) is 9.04. The quantitative estimate of drug-likeness (QED) is 0.855. The lowest BCUT2D eigenvalue weighted by Gasteiger charge is -2.30. The summed E-state index contributed by atoms with van der Waals surface area (Å²) in [5.41, 5.74) is 3.77. The highest BCUT2D eigenvalue weighted by atomic mass is 16.4. The Morgan fingerprint density at radius 2 is 1.74 bits per heavy atom. The van der Waals surface area contributed by atoms with E-state index in [1.807, 2.05) is 0 Å². The Kier molecular flexibility index (Phi) is 5.55. The SMILES string of the molecule is CCN(CC(C)C(=O)O)C(C)c1cc(C)cc(C)c1. The summed E-state index contributed by atoms with van der Waals surface area (Å²) in [4.78, 5) is 13.2. The molecule has 0 aliphatic carbocycles. The van der Waals surface area contributed by atoms with Gasteiger partial charge in [0.05, 0.1) is 5.92 Å². The Morgan fingerprint density at radius 1 is 1.21 bits per heavy atom. The van der Waals surface area contributed by atoms with E-state index in [4.69, 9.17) is 5.11 Å². The highest BCUT2D eigenvalue weighted by Gasteiger charge is 2.20. The van der Waals surface area contributed by atoms with Crippen LogP contribution in [0.15, 0.2) is 18.2 Å². The van der Waals surface area contributed by atoms with Crippen LogP contribution >= 0.6 is 0 Å². The maximum absolute atomic E-state index is 11.0. The summed E-state index contributed by atoms with van der Waals surface area (Å²) in [5.74, 6) is -1.07. The highest BCUT2D eigenvalue weighted by molar-refractivity contribution is 5.69. The number of carbonyl (C=O) groups is 1. The molecule has 0 saturated carbocycles. The van der Waals surface area contributed by atoms with Crippen LogP contribution in [0, 0.1) is 19.8 Å². The van der Waals surface area contributed by atoms with Gasteiger partial charge in [0.1, 0.15) is 0 Å². The largest absolute Gasteiger partial charge is 0.481 e. The molecule has 3 heteroatoms. The van der Waals surface area contributed by atoms with Crippen LogP contribution in [0.4, 0.5) is 0 Å². The molecule has 1 aromatic carbocycles. The average Bonchev–Trinajstić information content (AvgIpc) is 2.33. The molecule has 0 aliphatic heterocycles. The fourth-order valence-corrected chi connectivity index (χ4v) is 2.45. The molecule has 0 aromatic heterocycles. The predicted octanol–water partition coefficient (Wildman–Crippen LogP) is 3.41. The first-order valence-electron chi connectivity index (χ1n) is 6.90. The zero-order chi connectivity index (χ0) is 14.6. The number of hydrogen-bond acceptors (Lipinski definition) is 2. The number of aliphatic carboxylic acids is 1. The van der Waals surface area contributed by atoms with E-state index in [1.165, 1.54) is 16.7 Å². The molecule has 1 aromatic rings. The number of aryl methyl sites for hydroxylation is 2. The van der Waals surface area contributed by atoms with Crippen LogP contribution in [0.1, 0.15) is 43.5 Å². The average molecular weight is 263 g/mol. The topological polar surface area (TPSA) is 40.5 Å². The van der Waals surface area contributed by atoms with Gasteiger partial charge in [-0.15, -0.1) is 0 Å². The summed E-state index contributed by atoms with van der Waals surface area (Å²) in [6.45, 7) is 11.6. The molecule has 0 amide bonds. The molecule has 2 atom stereocenters. The van der Waals surface area contributed by atoms with Crippen molar-refractivity contribution in [1.29, 1.82) is 0 Å². The van der Waals surface area contributed by atoms with E-state index >= 15 is 0 Å². The molecule has 0 spiro atoms. The molecule has 0 saturated heterocycles. The maximum Gasteiger partial charge on any atom is 0.307 e. The highest BCUT2D eigenvalue weighted by Crippen LogP contribution is 2.23. The first-order chi connectivity index (χ1) is 8.85. The van der Waals surface area contributed by atoms with Gasteiger partial charge in [0, 0.05) is 12.6 Å². The van der Waals surface area contributed by atoms with Crippen LogP contribution in [0.3, 0.4) is 0 Å². The van der Waals surface area contributed by atoms with Crippen molar-refractivity contribution in [3.8, 4) is 0 Å². The Labute approximate surface area is 116 Å². The van der Waals surface area contributed by atoms with Gasteiger partial charge in [-0.05, 0) is 32.9 Å². The molecule has 2 unspecified atom stereocenters. The molecular formula is C16H25NO2. The third-order valence-corrected chi connectivity index (χ3v) is 3.61. The van der Waals surface area contributed by atoms with Crippen molar-refractivity contribution in [2.45, 2.75) is 40.7 Å². The van der Waals surface area contributed by atoms with E-state index in [2.05, 4.69) is 50.8 Å². The summed E-state index contributed by atoms with van der Waals surface area (Å²) in [6, 6.07) is 6.77. The molecule has 0 fully saturated rings. The summed E-state index contributed by atoms with van der Waals surface area (Å²) >= 11 is 0. The van der Waals surface area contributed by atoms with E-state index in [9.17, 15) is 4.79 Å². The van der Waals surface area contributed by atoms with E-state index in [0.29, 0.717) is 6.54 Å². The van der Waals surface area contributed by atoms with Crippen molar-refractivity contribution < 1.29 is 9.90 Å². The van der Waals surface area contributed by atoms with E-state index in [1.54, 1.807) is 6.92 Å². The van der Waals surface area contributed by atoms with Crippen molar-refractivity contribution in [3.63, 3.8) is 0 Å². The van der Waals surface area contributed by atoms with E-state index in [0.717, 1.165) is 6.54 Å². The number of benzene rings is 1. The van der Waals surface area contributed by atoms with Gasteiger partial charge in [0.25, 0.3) is 0 Å². The third kappa shape index (κ3) is 4.35. The molecule has 106 valence electrons. The van der Waals surface area contributed by atoms with Gasteiger partial charge in [-0.1, -0.05) is 43.2 Å². The normalized spacial score (nSPS) is 14.4. The van der Waals surface area contributed by atoms with Crippen LogP contribution in [-0.2, 0) is 4.79 Å². The van der Waals surface area contributed by atoms with Gasteiger partial charge in [-0.25, -0.2) is 0 Å². The van der Waals surface area contributed by atoms with Crippen molar-refractivity contribution in [1.82, 2.24) is 4.90 Å². The molecule has 1 rings (SSSR count). The third-order valence-electron chi connectivity index (χ3n) is 3.61. The second kappa shape index (κ2) is 6.71. The first-order valence-corrected chi connectivity index (χ1v) is 6.90. The minimum Gasteiger partial charge on any atom is -0.481 e. The zero-order valence-electron chi connectivity index (χ0n) is 12.6. The molecule has 3 nitrogen and oxygen atoms in total. The van der Waals surface area contributed by atoms with E-state index in [-0.39, 0.29) is 12.0 Å². The van der Waals surface area contributed by atoms with Gasteiger partial charge >= 0.3 is 5.97 Å². The van der Waals surface area contributed by atoms with Crippen LogP contribution < -0.4 is 0 Å². The zero-order valence-corrected chi connectivity index (χ0v) is 12.6. The van der Waals surface area contributed by atoms with Gasteiger partial charge in [0.2, 0.25) is 0 Å². The Balaban J connectivity index is 2.88. The second-order valence-corrected chi connectivity index (χ2v) is 5.42. The molecule has 0 heterocycles. The van der Waals surface area contributed by atoms with E-state index < -0.39 is 5.97 Å². The minimum absolute atomic E-state index is 0.241. The number of hydrogen-bond donors (Lipinski definition) is 1. The molecule has 0 radical (unpaired) electrons. The lowest BCUT2D eigenvalue weighted by molar-refractivity contribution is -0.141. The van der Waals surface area contributed by atoms with Crippen LogP contribution in [0.5, 0.6) is 0 Å². The first kappa shape index (κ1) is 15.7. The van der Waals surface area contributed by atoms with Crippen LogP contribution in [0.25, 0.3) is 0 Å². The summed E-state index contributed by atoms with van der Waals surface area (Å²) < 4.78 is 0. The molecule has 19 heavy (non-hydrogen) atoms. The Bertz CT molecular complexity index is 422. The Hall–Kier alpha value is -1.35. The monoisotopic (exact) mass is 263 g/mol. The smallest absolute Gasteiger partial charge is 0.307 e. The predicted molar refractivity (Wildman–Crippen MR) is 78.4 cm³/mol. The minimum atomic E-state index is -0.730. The van der Waals surface area contributed by atoms with Crippen LogP contribution in [0.2, 0.25) is 0 Å². The van der Waals surface area contributed by atoms with Crippen molar-refractivity contribution in [3.05, 3.63) is 34.9 Å². The maximum atomic E-state index is 11.0. The van der Waals surface area contributed by atoms with Gasteiger partial charge in [0.15, 0.2) is 0 Å². The standard InChI is InChI=1S/C16H25NO2/c1-6-17(10-13(4)16(18)19)14(5)15-8-11(2)7-12(3)9-15/h7-9,13-14H,6,10H2,1-5H3,(H,18,19). The molecule has 0 bridgehead atoms. The van der Waals surface area contributed by atoms with Gasteiger partial charge in [-0.2, -0.15) is 0 Å². The van der Waals surface area contributed by atoms with Crippen molar-refractivity contribution >= 4 is 5.97 Å². The Morgan fingerprint density at radius 3 is 2.16 bits per heavy atom. The molecule has 1 N–H and O–H groups in total. The van der Waals surface area contributed by atoms with Crippen molar-refractivity contribution in [2.24, 2.45) is 5.92 Å². The summed E-state index contributed by atoms with van der Waals surface area (Å²) in [7, 11) is 0. The van der Waals surface area contributed by atoms with Crippen LogP contribution in [-0.4, -0.2) is 29.1 Å². The fraction of sp³-hybridized carbons (Fsp3) is 0.562. The fourth-order valence-electron chi connectivity index (χ4n) is 2.45. The number of rotatable bonds is 6. The van der Waals surface area contributed by atoms with Gasteiger partial charge < -0.3 is 5.11 Å².